The second-order valence-corrected chi connectivity index (χ2v) is 19.3. The number of anilines is 4. The summed E-state index contributed by atoms with van der Waals surface area (Å²) in [4.78, 5) is 9.09. The molecule has 3 heterocycles. The fourth-order valence-electron chi connectivity index (χ4n) is 9.85. The number of ether oxygens (including phenoxy) is 1. The van der Waals surface area contributed by atoms with E-state index in [9.17, 15) is 4.11 Å². The van der Waals surface area contributed by atoms with E-state index in [2.05, 4.69) is 196 Å². The predicted octanol–water partition coefficient (Wildman–Crippen LogP) is 17.6. The molecule has 9 aromatic carbocycles. The average Bonchev–Trinajstić information content (AvgIpc) is 3.97. The Bertz CT molecular complexity index is 3960. The van der Waals surface area contributed by atoms with Gasteiger partial charge in [-0.25, -0.2) is 4.98 Å². The largest absolute Gasteiger partial charge is 0.509 e. The number of nitrogens with zero attached hydrogens (tertiary/aromatic N) is 4. The summed E-state index contributed by atoms with van der Waals surface area (Å²) < 4.78 is 36.5. The molecule has 0 N–H and O–H groups in total. The topological polar surface area (TPSA) is 33.5 Å². The SMILES string of the molecule is [2H]c1c(Oc2[c-]c3c(cc2)c2ccccc2n3-c2cc(C)c(-c3ccc(C)cc3)cn2)[c-]c(N2[CH-]N(c3c(-c4ccc(C(C)(C)C)cc4)cccc3-c3cccc(-c4ccccc4)c3)c3ccccc32)c([2H])c1[2H].[Pt]. The van der Waals surface area contributed by atoms with Crippen LogP contribution in [0.1, 0.15) is 41.6 Å². The van der Waals surface area contributed by atoms with Crippen LogP contribution in [-0.2, 0) is 26.5 Å². The maximum absolute atomic E-state index is 9.42. The third kappa shape index (κ3) is 8.58. The number of para-hydroxylation sites is 4. The van der Waals surface area contributed by atoms with Crippen molar-refractivity contribution < 1.29 is 29.9 Å². The van der Waals surface area contributed by atoms with Crippen LogP contribution in [0.3, 0.4) is 0 Å². The number of pyridine rings is 1. The van der Waals surface area contributed by atoms with E-state index in [0.717, 1.165) is 94.8 Å². The van der Waals surface area contributed by atoms with Gasteiger partial charge in [-0.2, -0.15) is 12.1 Å². The molecule has 2 aromatic heterocycles. The molecule has 0 radical (unpaired) electrons. The smallest absolute Gasteiger partial charge is 0.135 e. The quantitative estimate of drug-likeness (QED) is 0.135. The molecule has 0 aliphatic carbocycles. The van der Waals surface area contributed by atoms with Crippen molar-refractivity contribution in [3.05, 3.63) is 248 Å². The van der Waals surface area contributed by atoms with E-state index in [1.165, 1.54) is 11.1 Å². The molecule has 12 rings (SSSR count). The van der Waals surface area contributed by atoms with Crippen molar-refractivity contribution >= 4 is 44.6 Å². The number of benzene rings is 9. The van der Waals surface area contributed by atoms with Crippen molar-refractivity contribution in [2.75, 3.05) is 9.80 Å². The van der Waals surface area contributed by atoms with E-state index < -0.39 is 0 Å². The van der Waals surface area contributed by atoms with Crippen LogP contribution in [0.15, 0.2) is 212 Å². The summed E-state index contributed by atoms with van der Waals surface area (Å²) in [6.07, 6.45) is 1.93. The number of aryl methyl sites for hydroxylation is 2. The Kier molecular flexibility index (Phi) is 11.3. The second-order valence-electron chi connectivity index (χ2n) is 19.3. The van der Waals surface area contributed by atoms with Crippen molar-refractivity contribution in [1.29, 1.82) is 0 Å². The minimum absolute atomic E-state index is 0. The summed E-state index contributed by atoms with van der Waals surface area (Å²) in [5, 5.41) is 2.01. The van der Waals surface area contributed by atoms with Crippen molar-refractivity contribution in [1.82, 2.24) is 9.55 Å². The molecule has 5 nitrogen and oxygen atoms in total. The van der Waals surface area contributed by atoms with Crippen LogP contribution in [0.2, 0.25) is 0 Å². The molecule has 0 unspecified atom stereocenters. The molecule has 0 saturated carbocycles. The normalized spacial score (nSPS) is 12.9. The molecule has 1 aliphatic rings. The Morgan fingerprint density at radius 2 is 1.21 bits per heavy atom. The Morgan fingerprint density at radius 3 is 1.97 bits per heavy atom. The van der Waals surface area contributed by atoms with Crippen LogP contribution in [0, 0.1) is 32.6 Å². The Morgan fingerprint density at radius 1 is 0.556 bits per heavy atom. The summed E-state index contributed by atoms with van der Waals surface area (Å²) in [7, 11) is 0. The van der Waals surface area contributed by atoms with Crippen molar-refractivity contribution in [3.8, 4) is 61.8 Å². The Labute approximate surface area is 441 Å². The first kappa shape index (κ1) is 42.9. The zero-order chi connectivity index (χ0) is 50.8. The van der Waals surface area contributed by atoms with Gasteiger partial charge in [0.25, 0.3) is 0 Å². The fourth-order valence-corrected chi connectivity index (χ4v) is 9.85. The molecule has 0 atom stereocenters. The maximum Gasteiger partial charge on any atom is 0.135 e. The van der Waals surface area contributed by atoms with Gasteiger partial charge >= 0.3 is 0 Å². The van der Waals surface area contributed by atoms with Gasteiger partial charge in [-0.05, 0) is 96.7 Å². The van der Waals surface area contributed by atoms with Gasteiger partial charge in [0.15, 0.2) is 0 Å². The minimum Gasteiger partial charge on any atom is -0.509 e. The van der Waals surface area contributed by atoms with Gasteiger partial charge in [-0.15, -0.1) is 48.0 Å². The van der Waals surface area contributed by atoms with Crippen LogP contribution >= 0.6 is 0 Å². The van der Waals surface area contributed by atoms with Gasteiger partial charge < -0.3 is 19.1 Å². The predicted molar refractivity (Wildman–Crippen MR) is 294 cm³/mol. The van der Waals surface area contributed by atoms with Gasteiger partial charge in [0.05, 0.1) is 0 Å². The summed E-state index contributed by atoms with van der Waals surface area (Å²) >= 11 is 0. The first-order valence-corrected chi connectivity index (χ1v) is 24.0. The van der Waals surface area contributed by atoms with Crippen molar-refractivity contribution in [2.45, 2.75) is 40.0 Å². The summed E-state index contributed by atoms with van der Waals surface area (Å²) in [5.41, 5.74) is 16.7. The molecule has 0 amide bonds. The molecule has 72 heavy (non-hydrogen) atoms. The Hall–Kier alpha value is -7.98. The molecule has 0 spiro atoms. The number of fused-ring (bicyclic) bond motifs is 4. The zero-order valence-corrected chi connectivity index (χ0v) is 42.8. The second kappa shape index (κ2) is 19.0. The van der Waals surface area contributed by atoms with Gasteiger partial charge in [-0.1, -0.05) is 177 Å². The third-order valence-corrected chi connectivity index (χ3v) is 13.5. The molecular weight excluding hydrogens is 1060 g/mol. The fraction of sp³-hybridized carbons (Fsp3) is 0.0909. The number of hydrogen-bond acceptors (Lipinski definition) is 4. The van der Waals surface area contributed by atoms with E-state index in [1.54, 1.807) is 0 Å². The Balaban J connectivity index is 0.00000602. The third-order valence-electron chi connectivity index (χ3n) is 13.5. The number of hydrogen-bond donors (Lipinski definition) is 0. The molecule has 11 aromatic rings. The van der Waals surface area contributed by atoms with Gasteiger partial charge in [0.1, 0.15) is 5.82 Å². The summed E-state index contributed by atoms with van der Waals surface area (Å²) in [5.74, 6) is 1.09. The van der Waals surface area contributed by atoms with Gasteiger partial charge in [-0.3, -0.25) is 0 Å². The van der Waals surface area contributed by atoms with Crippen molar-refractivity contribution in [3.63, 3.8) is 0 Å². The molecule has 0 bridgehead atoms. The van der Waals surface area contributed by atoms with Crippen LogP contribution in [0.4, 0.5) is 22.7 Å². The van der Waals surface area contributed by atoms with Crippen LogP contribution < -0.4 is 14.5 Å². The molecule has 354 valence electrons. The van der Waals surface area contributed by atoms with Crippen LogP contribution in [0.25, 0.3) is 72.1 Å². The minimum atomic E-state index is -0.278. The summed E-state index contributed by atoms with van der Waals surface area (Å²) in [6.45, 7) is 12.8. The van der Waals surface area contributed by atoms with E-state index in [1.807, 2.05) is 66.3 Å². The van der Waals surface area contributed by atoms with E-state index in [0.29, 0.717) is 5.75 Å². The molecule has 0 saturated heterocycles. The van der Waals surface area contributed by atoms with E-state index in [-0.39, 0.29) is 56.0 Å². The van der Waals surface area contributed by atoms with Gasteiger partial charge in [0.2, 0.25) is 0 Å². The number of aromatic nitrogens is 2. The van der Waals surface area contributed by atoms with Gasteiger partial charge in [0, 0.05) is 79.4 Å². The zero-order valence-electron chi connectivity index (χ0n) is 43.6. The first-order chi connectivity index (χ1) is 35.9. The molecular formula is C66H51N4OPt-3. The molecule has 6 heteroatoms. The van der Waals surface area contributed by atoms with Crippen molar-refractivity contribution in [2.24, 2.45) is 0 Å². The summed E-state index contributed by atoms with van der Waals surface area (Å²) in [6, 6.07) is 71.3. The first-order valence-electron chi connectivity index (χ1n) is 25.5. The van der Waals surface area contributed by atoms with Crippen LogP contribution in [0.5, 0.6) is 11.5 Å². The van der Waals surface area contributed by atoms with E-state index in [4.69, 9.17) is 9.72 Å². The van der Waals surface area contributed by atoms with E-state index >= 15 is 0 Å². The van der Waals surface area contributed by atoms with Crippen LogP contribution in [-0.4, -0.2) is 9.55 Å². The molecule has 0 fully saturated rings. The monoisotopic (exact) mass is 1110 g/mol. The maximum atomic E-state index is 9.42. The number of rotatable bonds is 9. The standard InChI is InChI=1S/C66H51N4O.Pt/c1-44-28-30-48(31-29-44)59-42-67-64(38-45(59)2)70-60-25-10-9-22-57(60)58-37-36-54(41-63(58)70)71-53-21-14-20-52(40-53)68-43-69(62-27-12-11-26-61(62)68)65-55(47-32-34-51(35-33-47)66(3,4)5)23-15-24-56(65)50-19-13-18-49(39-50)46-16-7-6-8-17-46;/h6-39,42-43H,1-5H3;/q-3;/i14D,20D,21D;. The average molecular weight is 1110 g/mol. The molecule has 1 aliphatic heterocycles.